The minimum atomic E-state index is -0.110. The largest absolute Gasteiger partial charge is 0.307 e. The summed E-state index contributed by atoms with van der Waals surface area (Å²) in [5.74, 6) is 0.468. The van der Waals surface area contributed by atoms with Crippen molar-refractivity contribution in [3.63, 3.8) is 0 Å². The van der Waals surface area contributed by atoms with Crippen LogP contribution in [0.2, 0.25) is 0 Å². The Morgan fingerprint density at radius 1 is 1.54 bits per heavy atom. The monoisotopic (exact) mass is 176 g/mol. The van der Waals surface area contributed by atoms with Gasteiger partial charge in [0.2, 0.25) is 0 Å². The van der Waals surface area contributed by atoms with Crippen molar-refractivity contribution in [1.29, 1.82) is 0 Å². The van der Waals surface area contributed by atoms with Crippen LogP contribution in [0.15, 0.2) is 36.0 Å². The van der Waals surface area contributed by atoms with Crippen molar-refractivity contribution < 1.29 is 4.79 Å². The van der Waals surface area contributed by atoms with E-state index in [1.807, 2.05) is 13.0 Å². The van der Waals surface area contributed by atoms with Crippen molar-refractivity contribution in [3.8, 4) is 0 Å². The molecule has 1 rings (SSSR count). The summed E-state index contributed by atoms with van der Waals surface area (Å²) in [5.41, 5.74) is 0.686. The Hall–Kier alpha value is -1.64. The Labute approximate surface area is 77.5 Å². The van der Waals surface area contributed by atoms with Crippen molar-refractivity contribution in [2.75, 3.05) is 5.32 Å². The summed E-state index contributed by atoms with van der Waals surface area (Å²) >= 11 is 0. The number of nitrogens with one attached hydrogen (secondary N) is 1. The minimum Gasteiger partial charge on any atom is -0.307 e. The molecule has 0 atom stereocenters. The highest BCUT2D eigenvalue weighted by Crippen LogP contribution is 2.02. The van der Waals surface area contributed by atoms with E-state index in [1.165, 1.54) is 0 Å². The maximum atomic E-state index is 11.3. The lowest BCUT2D eigenvalue weighted by Gasteiger charge is -2.02. The van der Waals surface area contributed by atoms with E-state index in [0.29, 0.717) is 11.4 Å². The van der Waals surface area contributed by atoms with Gasteiger partial charge in [-0.2, -0.15) is 0 Å². The molecule has 0 saturated carbocycles. The number of aromatic nitrogens is 1. The Bertz CT molecular complexity index is 317. The highest BCUT2D eigenvalue weighted by atomic mass is 16.1. The average molecular weight is 176 g/mol. The third kappa shape index (κ3) is 2.71. The molecule has 3 heteroatoms. The van der Waals surface area contributed by atoms with E-state index < -0.39 is 0 Å². The lowest BCUT2D eigenvalue weighted by atomic mass is 10.3. The number of allylic oxidation sites excluding steroid dienone is 1. The molecule has 0 aliphatic heterocycles. The number of pyridine rings is 1. The molecule has 1 amide bonds. The molecule has 68 valence electrons. The summed E-state index contributed by atoms with van der Waals surface area (Å²) in [5, 5.41) is 2.67. The molecule has 3 nitrogen and oxygen atoms in total. The highest BCUT2D eigenvalue weighted by Gasteiger charge is 2.02. The van der Waals surface area contributed by atoms with Crippen LogP contribution in [-0.4, -0.2) is 10.9 Å². The van der Waals surface area contributed by atoms with Crippen LogP contribution in [0.4, 0.5) is 5.82 Å². The van der Waals surface area contributed by atoms with E-state index in [-0.39, 0.29) is 5.91 Å². The summed E-state index contributed by atoms with van der Waals surface area (Å²) in [6.07, 6.45) is 3.40. The van der Waals surface area contributed by atoms with Crippen molar-refractivity contribution in [2.45, 2.75) is 13.8 Å². The molecular formula is C10H12N2O. The van der Waals surface area contributed by atoms with Gasteiger partial charge >= 0.3 is 0 Å². The maximum Gasteiger partial charge on any atom is 0.252 e. The summed E-state index contributed by atoms with van der Waals surface area (Å²) in [6, 6.07) is 5.38. The van der Waals surface area contributed by atoms with E-state index in [1.54, 1.807) is 31.3 Å². The van der Waals surface area contributed by atoms with Crippen molar-refractivity contribution >= 4 is 11.7 Å². The third-order valence-corrected chi connectivity index (χ3v) is 1.70. The molecule has 0 spiro atoms. The van der Waals surface area contributed by atoms with Crippen LogP contribution in [0.3, 0.4) is 0 Å². The van der Waals surface area contributed by atoms with E-state index >= 15 is 0 Å². The minimum absolute atomic E-state index is 0.110. The normalized spacial score (nSPS) is 11.1. The zero-order valence-corrected chi connectivity index (χ0v) is 7.74. The molecule has 0 fully saturated rings. The Kier molecular flexibility index (Phi) is 3.20. The number of hydrogen-bond acceptors (Lipinski definition) is 2. The molecule has 1 aromatic rings. The number of carbonyl (C=O) groups is 1. The van der Waals surface area contributed by atoms with E-state index in [2.05, 4.69) is 10.3 Å². The van der Waals surface area contributed by atoms with E-state index in [0.717, 1.165) is 0 Å². The molecule has 1 heterocycles. The van der Waals surface area contributed by atoms with Gasteiger partial charge in [-0.1, -0.05) is 12.1 Å². The zero-order chi connectivity index (χ0) is 9.68. The smallest absolute Gasteiger partial charge is 0.252 e. The van der Waals surface area contributed by atoms with Gasteiger partial charge in [-0.15, -0.1) is 0 Å². The first-order valence-corrected chi connectivity index (χ1v) is 4.09. The molecule has 1 N–H and O–H groups in total. The average Bonchev–Trinajstić information content (AvgIpc) is 2.18. The van der Waals surface area contributed by atoms with Crippen LogP contribution < -0.4 is 5.32 Å². The van der Waals surface area contributed by atoms with Crippen molar-refractivity contribution in [3.05, 3.63) is 36.0 Å². The first kappa shape index (κ1) is 9.45. The van der Waals surface area contributed by atoms with Gasteiger partial charge in [0.15, 0.2) is 0 Å². The lowest BCUT2D eigenvalue weighted by molar-refractivity contribution is -0.112. The van der Waals surface area contributed by atoms with Crippen molar-refractivity contribution in [1.82, 2.24) is 4.98 Å². The van der Waals surface area contributed by atoms with Gasteiger partial charge in [0.05, 0.1) is 0 Å². The molecule has 0 bridgehead atoms. The third-order valence-electron chi connectivity index (χ3n) is 1.70. The fourth-order valence-electron chi connectivity index (χ4n) is 0.783. The molecule has 0 aliphatic carbocycles. The molecule has 0 saturated heterocycles. The number of nitrogens with zero attached hydrogens (tertiary/aromatic N) is 1. The predicted molar refractivity (Wildman–Crippen MR) is 52.3 cm³/mol. The zero-order valence-electron chi connectivity index (χ0n) is 7.74. The topological polar surface area (TPSA) is 42.0 Å². The molecule has 0 unspecified atom stereocenters. The maximum absolute atomic E-state index is 11.3. The Balaban J connectivity index is 2.66. The number of amides is 1. The quantitative estimate of drug-likeness (QED) is 0.700. The van der Waals surface area contributed by atoms with Crippen LogP contribution in [-0.2, 0) is 4.79 Å². The molecule has 0 aliphatic rings. The van der Waals surface area contributed by atoms with Gasteiger partial charge in [-0.25, -0.2) is 4.98 Å². The van der Waals surface area contributed by atoms with Crippen LogP contribution in [0.25, 0.3) is 0 Å². The summed E-state index contributed by atoms with van der Waals surface area (Å²) < 4.78 is 0. The predicted octanol–water partition coefficient (Wildman–Crippen LogP) is 1.99. The number of rotatable bonds is 2. The van der Waals surface area contributed by atoms with E-state index in [9.17, 15) is 4.79 Å². The standard InChI is InChI=1S/C10H12N2O/c1-3-8(2)10(13)12-9-6-4-5-7-11-9/h3-7H,1-2H3,(H,11,12,13)/b8-3-. The Morgan fingerprint density at radius 3 is 2.85 bits per heavy atom. The molecular weight excluding hydrogens is 164 g/mol. The fourth-order valence-corrected chi connectivity index (χ4v) is 0.783. The van der Waals surface area contributed by atoms with Gasteiger partial charge in [0, 0.05) is 11.8 Å². The summed E-state index contributed by atoms with van der Waals surface area (Å²) in [6.45, 7) is 3.59. The van der Waals surface area contributed by atoms with Gasteiger partial charge in [0.25, 0.3) is 5.91 Å². The van der Waals surface area contributed by atoms with Gasteiger partial charge in [-0.3, -0.25) is 4.79 Å². The molecule has 0 radical (unpaired) electrons. The Morgan fingerprint density at radius 2 is 2.31 bits per heavy atom. The fraction of sp³-hybridized carbons (Fsp3) is 0.200. The summed E-state index contributed by atoms with van der Waals surface area (Å²) in [4.78, 5) is 15.3. The van der Waals surface area contributed by atoms with Gasteiger partial charge in [-0.05, 0) is 26.0 Å². The second-order valence-electron chi connectivity index (χ2n) is 2.64. The van der Waals surface area contributed by atoms with Crippen LogP contribution in [0, 0.1) is 0 Å². The first-order chi connectivity index (χ1) is 6.24. The lowest BCUT2D eigenvalue weighted by Crippen LogP contribution is -2.13. The second-order valence-corrected chi connectivity index (χ2v) is 2.64. The second kappa shape index (κ2) is 4.40. The van der Waals surface area contributed by atoms with E-state index in [4.69, 9.17) is 0 Å². The van der Waals surface area contributed by atoms with Crippen LogP contribution in [0.1, 0.15) is 13.8 Å². The SMILES string of the molecule is C/C=C(/C)C(=O)Nc1ccccn1. The molecule has 13 heavy (non-hydrogen) atoms. The number of hydrogen-bond donors (Lipinski definition) is 1. The number of anilines is 1. The summed E-state index contributed by atoms with van der Waals surface area (Å²) in [7, 11) is 0. The molecule has 0 aromatic carbocycles. The van der Waals surface area contributed by atoms with Gasteiger partial charge < -0.3 is 5.32 Å². The van der Waals surface area contributed by atoms with Crippen LogP contribution >= 0.6 is 0 Å². The van der Waals surface area contributed by atoms with Gasteiger partial charge in [0.1, 0.15) is 5.82 Å². The first-order valence-electron chi connectivity index (χ1n) is 4.09. The number of carbonyl (C=O) groups excluding carboxylic acids is 1. The van der Waals surface area contributed by atoms with Crippen LogP contribution in [0.5, 0.6) is 0 Å². The molecule has 1 aromatic heterocycles. The highest BCUT2D eigenvalue weighted by molar-refractivity contribution is 6.02. The van der Waals surface area contributed by atoms with Crippen molar-refractivity contribution in [2.24, 2.45) is 0 Å².